The van der Waals surface area contributed by atoms with Gasteiger partial charge in [-0.1, -0.05) is 19.9 Å². The molecule has 206 valence electrons. The highest BCUT2D eigenvalue weighted by molar-refractivity contribution is 5.85. The third-order valence-electron chi connectivity index (χ3n) is 8.28. The van der Waals surface area contributed by atoms with Gasteiger partial charge in [-0.2, -0.15) is 0 Å². The number of aliphatic hydroxyl groups is 1. The summed E-state index contributed by atoms with van der Waals surface area (Å²) in [4.78, 5) is 39.5. The van der Waals surface area contributed by atoms with Gasteiger partial charge in [0.15, 0.2) is 17.6 Å². The van der Waals surface area contributed by atoms with E-state index in [4.69, 9.17) is 23.7 Å². The summed E-state index contributed by atoms with van der Waals surface area (Å²) in [6.45, 7) is 5.84. The van der Waals surface area contributed by atoms with Gasteiger partial charge in [0.05, 0.1) is 31.2 Å². The maximum atomic E-state index is 13.3. The number of piperidine rings is 1. The Morgan fingerprint density at radius 1 is 1.26 bits per heavy atom. The van der Waals surface area contributed by atoms with Crippen molar-refractivity contribution in [2.45, 2.75) is 75.7 Å². The maximum absolute atomic E-state index is 13.3. The van der Waals surface area contributed by atoms with E-state index >= 15 is 0 Å². The molecule has 2 heterocycles. The van der Waals surface area contributed by atoms with Gasteiger partial charge >= 0.3 is 17.9 Å². The lowest BCUT2D eigenvalue weighted by atomic mass is 9.50. The van der Waals surface area contributed by atoms with Gasteiger partial charge in [-0.05, 0) is 50.1 Å². The molecule has 0 unspecified atom stereocenters. The first kappa shape index (κ1) is 26.5. The largest absolute Gasteiger partial charge is 0.493 e. The molecule has 0 radical (unpaired) electrons. The second kappa shape index (κ2) is 9.57. The van der Waals surface area contributed by atoms with E-state index in [-0.39, 0.29) is 30.7 Å². The van der Waals surface area contributed by atoms with Gasteiger partial charge in [0.25, 0.3) is 0 Å². The molecule has 4 aliphatic rings. The normalized spacial score (nSPS) is 29.5. The summed E-state index contributed by atoms with van der Waals surface area (Å²) < 4.78 is 28.2. The maximum Gasteiger partial charge on any atom is 0.353 e. The van der Waals surface area contributed by atoms with Crippen LogP contribution in [0, 0.1) is 5.92 Å². The van der Waals surface area contributed by atoms with Crippen molar-refractivity contribution in [3.8, 4) is 11.5 Å². The zero-order valence-corrected chi connectivity index (χ0v) is 22.4. The van der Waals surface area contributed by atoms with Gasteiger partial charge < -0.3 is 33.7 Å². The molecule has 10 nitrogen and oxygen atoms in total. The van der Waals surface area contributed by atoms with Crippen molar-refractivity contribution < 1.29 is 43.2 Å². The van der Waals surface area contributed by atoms with Gasteiger partial charge in [0.1, 0.15) is 5.76 Å². The summed E-state index contributed by atoms with van der Waals surface area (Å²) in [7, 11) is 3.57. The predicted octanol–water partition coefficient (Wildman–Crippen LogP) is 2.04. The SMILES string of the molecule is COc1ccc2c3c1O[C@H]1C(OC(=O)[C@H](CC(=O)OCC(C)C)OC(C)=O)=CC[C@@]4(O)[C@@H](C2)N(C)CC[C@]314. The van der Waals surface area contributed by atoms with Gasteiger partial charge in [-0.3, -0.25) is 9.59 Å². The molecule has 10 heteroatoms. The summed E-state index contributed by atoms with van der Waals surface area (Å²) in [5, 5.41) is 12.3. The van der Waals surface area contributed by atoms with Gasteiger partial charge in [0, 0.05) is 24.9 Å². The molecule has 0 amide bonds. The molecule has 5 atom stereocenters. The number of benzene rings is 1. The van der Waals surface area contributed by atoms with Gasteiger partial charge in [0.2, 0.25) is 6.10 Å². The molecule has 38 heavy (non-hydrogen) atoms. The minimum atomic E-state index is -1.48. The Morgan fingerprint density at radius 2 is 2.03 bits per heavy atom. The summed E-state index contributed by atoms with van der Waals surface area (Å²) in [6.07, 6.45) is 0.428. The van der Waals surface area contributed by atoms with E-state index < -0.39 is 47.6 Å². The highest BCUT2D eigenvalue weighted by Crippen LogP contribution is 2.65. The van der Waals surface area contributed by atoms with E-state index in [1.165, 1.54) is 0 Å². The topological polar surface area (TPSA) is 121 Å². The van der Waals surface area contributed by atoms with Crippen LogP contribution in [0.1, 0.15) is 51.2 Å². The van der Waals surface area contributed by atoms with E-state index in [0.717, 1.165) is 24.6 Å². The van der Waals surface area contributed by atoms with Crippen molar-refractivity contribution in [1.29, 1.82) is 0 Å². The van der Waals surface area contributed by atoms with Crippen molar-refractivity contribution in [1.82, 2.24) is 4.90 Å². The van der Waals surface area contributed by atoms with Crippen LogP contribution in [0.5, 0.6) is 11.5 Å². The number of ether oxygens (including phenoxy) is 5. The average molecular weight is 530 g/mol. The first-order valence-corrected chi connectivity index (χ1v) is 13.1. The Kier molecular flexibility index (Phi) is 6.67. The quantitative estimate of drug-likeness (QED) is 0.396. The Bertz CT molecular complexity index is 1190. The number of likely N-dealkylation sites (N-methyl/N-ethyl adjacent to an activating group) is 1. The third-order valence-corrected chi connectivity index (χ3v) is 8.28. The minimum absolute atomic E-state index is 0.111. The monoisotopic (exact) mass is 529 g/mol. The smallest absolute Gasteiger partial charge is 0.353 e. The fourth-order valence-corrected chi connectivity index (χ4v) is 6.61. The molecule has 0 aromatic heterocycles. The molecule has 2 aliphatic heterocycles. The van der Waals surface area contributed by atoms with Crippen molar-refractivity contribution in [2.75, 3.05) is 27.3 Å². The van der Waals surface area contributed by atoms with Crippen molar-refractivity contribution >= 4 is 17.9 Å². The van der Waals surface area contributed by atoms with Crippen LogP contribution in [0.25, 0.3) is 0 Å². The Balaban J connectivity index is 1.47. The molecule has 2 bridgehead atoms. The molecule has 2 aliphatic carbocycles. The van der Waals surface area contributed by atoms with Crippen LogP contribution in [-0.4, -0.2) is 79.1 Å². The lowest BCUT2D eigenvalue weighted by Gasteiger charge is -2.61. The second-order valence-corrected chi connectivity index (χ2v) is 11.1. The molecule has 5 rings (SSSR count). The van der Waals surface area contributed by atoms with E-state index in [9.17, 15) is 19.5 Å². The van der Waals surface area contributed by atoms with Crippen LogP contribution >= 0.6 is 0 Å². The number of hydrogen-bond acceptors (Lipinski definition) is 10. The van der Waals surface area contributed by atoms with Crippen LogP contribution in [0.2, 0.25) is 0 Å². The van der Waals surface area contributed by atoms with Crippen LogP contribution in [0.4, 0.5) is 0 Å². The predicted molar refractivity (Wildman–Crippen MR) is 134 cm³/mol. The Labute approximate surface area is 221 Å². The van der Waals surface area contributed by atoms with Crippen LogP contribution < -0.4 is 9.47 Å². The average Bonchev–Trinajstić information content (AvgIpc) is 3.21. The number of carbonyl (C=O) groups is 3. The molecule has 1 fully saturated rings. The summed E-state index contributed by atoms with van der Waals surface area (Å²) in [6, 6.07) is 3.73. The lowest BCUT2D eigenvalue weighted by molar-refractivity contribution is -0.177. The number of hydrogen-bond donors (Lipinski definition) is 1. The summed E-state index contributed by atoms with van der Waals surface area (Å²) >= 11 is 0. The van der Waals surface area contributed by atoms with E-state index in [0.29, 0.717) is 24.3 Å². The van der Waals surface area contributed by atoms with E-state index in [1.807, 2.05) is 33.0 Å². The molecule has 1 aromatic carbocycles. The molecular formula is C28H35NO9. The Hall–Kier alpha value is -3.11. The summed E-state index contributed by atoms with van der Waals surface area (Å²) in [5.41, 5.74) is -0.0211. The number of rotatable bonds is 8. The van der Waals surface area contributed by atoms with E-state index in [2.05, 4.69) is 4.90 Å². The number of methoxy groups -OCH3 is 1. The standard InChI is InChI=1S/C28H35NO9/c1-15(2)14-35-22(31)13-20(36-16(3)30)26(32)37-19-8-9-28(33)21-12-17-6-7-18(34-5)24-23(17)27(28,25(19)38-24)10-11-29(21)4/h6-8,15,20-21,25,33H,9-14H2,1-5H3/t20-,21+,25-,27-,28+/m0/s1. The molecule has 1 saturated heterocycles. The number of likely N-dealkylation sites (tertiary alicyclic amines) is 1. The molecule has 1 spiro atoms. The van der Waals surface area contributed by atoms with Crippen molar-refractivity contribution in [3.63, 3.8) is 0 Å². The highest BCUT2D eigenvalue weighted by atomic mass is 16.6. The zero-order chi connectivity index (χ0) is 27.4. The molecule has 1 N–H and O–H groups in total. The van der Waals surface area contributed by atoms with Crippen LogP contribution in [0.15, 0.2) is 24.0 Å². The number of esters is 3. The fourth-order valence-electron chi connectivity index (χ4n) is 6.61. The minimum Gasteiger partial charge on any atom is -0.493 e. The number of carbonyl (C=O) groups excluding carboxylic acids is 3. The first-order chi connectivity index (χ1) is 18.0. The van der Waals surface area contributed by atoms with Gasteiger partial charge in [-0.15, -0.1) is 0 Å². The second-order valence-electron chi connectivity index (χ2n) is 11.1. The molecular weight excluding hydrogens is 494 g/mol. The van der Waals surface area contributed by atoms with E-state index in [1.54, 1.807) is 13.2 Å². The summed E-state index contributed by atoms with van der Waals surface area (Å²) in [5.74, 6) is -0.864. The zero-order valence-electron chi connectivity index (χ0n) is 22.4. The van der Waals surface area contributed by atoms with Crippen LogP contribution in [0.3, 0.4) is 0 Å². The van der Waals surface area contributed by atoms with Crippen LogP contribution in [-0.2, 0) is 40.4 Å². The molecule has 1 aromatic rings. The fraction of sp³-hybridized carbons (Fsp3) is 0.607. The first-order valence-electron chi connectivity index (χ1n) is 13.1. The van der Waals surface area contributed by atoms with Crippen molar-refractivity contribution in [2.24, 2.45) is 5.92 Å². The molecule has 0 saturated carbocycles. The third kappa shape index (κ3) is 3.96. The van der Waals surface area contributed by atoms with Gasteiger partial charge in [-0.25, -0.2) is 4.79 Å². The lowest BCUT2D eigenvalue weighted by Crippen LogP contribution is -2.74. The van der Waals surface area contributed by atoms with Crippen molar-refractivity contribution in [3.05, 3.63) is 35.1 Å². The Morgan fingerprint density at radius 3 is 2.71 bits per heavy atom. The highest BCUT2D eigenvalue weighted by Gasteiger charge is 2.72. The number of nitrogens with zero attached hydrogens (tertiary/aromatic N) is 1.